The Kier molecular flexibility index (Phi) is 7.20. The molecule has 7 nitrogen and oxygen atoms in total. The van der Waals surface area contributed by atoms with E-state index >= 15 is 0 Å². The molecule has 8 heteroatoms. The first-order valence-corrected chi connectivity index (χ1v) is 10.1. The zero-order valence-corrected chi connectivity index (χ0v) is 18.3. The average molecular weight is 439 g/mol. The molecule has 1 aromatic heterocycles. The maximum Gasteiger partial charge on any atom is 0.227 e. The standard InChI is InChI=1S/C23H23ClN4O3/c1-14-12-15(2)26-23(25-14)28-18-7-5-17(6-8-18)27-22(30)11-9-20(29)19-13-16(24)4-10-21(19)31-3/h4-8,10,12-13H,9,11H2,1-3H3,(H,27,30)(H,25,26,28). The summed E-state index contributed by atoms with van der Waals surface area (Å²) in [6.45, 7) is 3.82. The average Bonchev–Trinajstić information content (AvgIpc) is 2.72. The van der Waals surface area contributed by atoms with Crippen molar-refractivity contribution in [2.24, 2.45) is 0 Å². The molecule has 0 spiro atoms. The molecule has 0 saturated heterocycles. The van der Waals surface area contributed by atoms with E-state index in [1.165, 1.54) is 7.11 Å². The molecule has 31 heavy (non-hydrogen) atoms. The number of halogens is 1. The number of benzene rings is 2. The van der Waals surface area contributed by atoms with Crippen LogP contribution in [0.5, 0.6) is 5.75 Å². The van der Waals surface area contributed by atoms with Crippen LogP contribution in [0.3, 0.4) is 0 Å². The number of carbonyl (C=O) groups is 2. The van der Waals surface area contributed by atoms with Gasteiger partial charge < -0.3 is 15.4 Å². The Morgan fingerprint density at radius 2 is 1.58 bits per heavy atom. The number of rotatable bonds is 8. The highest BCUT2D eigenvalue weighted by Gasteiger charge is 2.15. The maximum atomic E-state index is 12.5. The van der Waals surface area contributed by atoms with Gasteiger partial charge in [-0.3, -0.25) is 9.59 Å². The van der Waals surface area contributed by atoms with Crippen molar-refractivity contribution >= 4 is 40.6 Å². The summed E-state index contributed by atoms with van der Waals surface area (Å²) in [5.74, 6) is 0.491. The SMILES string of the molecule is COc1ccc(Cl)cc1C(=O)CCC(=O)Nc1ccc(Nc2nc(C)cc(C)n2)cc1. The highest BCUT2D eigenvalue weighted by Crippen LogP contribution is 2.24. The number of nitrogens with zero attached hydrogens (tertiary/aromatic N) is 2. The van der Waals surface area contributed by atoms with Gasteiger partial charge in [0.1, 0.15) is 5.75 Å². The molecule has 0 aliphatic rings. The van der Waals surface area contributed by atoms with E-state index in [1.807, 2.05) is 32.0 Å². The lowest BCUT2D eigenvalue weighted by atomic mass is 10.1. The normalized spacial score (nSPS) is 10.5. The molecule has 3 aromatic rings. The molecule has 0 bridgehead atoms. The van der Waals surface area contributed by atoms with Gasteiger partial charge in [-0.1, -0.05) is 11.6 Å². The van der Waals surface area contributed by atoms with Gasteiger partial charge >= 0.3 is 0 Å². The third kappa shape index (κ3) is 6.26. The van der Waals surface area contributed by atoms with E-state index in [-0.39, 0.29) is 24.5 Å². The summed E-state index contributed by atoms with van der Waals surface area (Å²) in [6, 6.07) is 13.9. The summed E-state index contributed by atoms with van der Waals surface area (Å²) in [5, 5.41) is 6.37. The van der Waals surface area contributed by atoms with Gasteiger partial charge in [0.2, 0.25) is 11.9 Å². The Morgan fingerprint density at radius 3 is 2.23 bits per heavy atom. The lowest BCUT2D eigenvalue weighted by Gasteiger charge is -2.10. The van der Waals surface area contributed by atoms with E-state index in [0.717, 1.165) is 17.1 Å². The maximum absolute atomic E-state index is 12.5. The predicted octanol–water partition coefficient (Wildman–Crippen LogP) is 5.10. The number of nitrogens with one attached hydrogen (secondary N) is 2. The van der Waals surface area contributed by atoms with E-state index in [9.17, 15) is 9.59 Å². The fourth-order valence-corrected chi connectivity index (χ4v) is 3.20. The van der Waals surface area contributed by atoms with Gasteiger partial charge in [0, 0.05) is 40.6 Å². The molecule has 3 rings (SSSR count). The highest BCUT2D eigenvalue weighted by atomic mass is 35.5. The smallest absolute Gasteiger partial charge is 0.227 e. The van der Waals surface area contributed by atoms with Crippen LogP contribution in [0.15, 0.2) is 48.5 Å². The Balaban J connectivity index is 1.55. The quantitative estimate of drug-likeness (QED) is 0.475. The molecule has 0 aliphatic carbocycles. The molecular formula is C23H23ClN4O3. The number of ether oxygens (including phenoxy) is 1. The molecular weight excluding hydrogens is 416 g/mol. The van der Waals surface area contributed by atoms with Gasteiger partial charge in [-0.15, -0.1) is 0 Å². The lowest BCUT2D eigenvalue weighted by molar-refractivity contribution is -0.116. The molecule has 1 heterocycles. The minimum atomic E-state index is -0.257. The number of hydrogen-bond donors (Lipinski definition) is 2. The number of aryl methyl sites for hydroxylation is 2. The summed E-state index contributed by atoms with van der Waals surface area (Å²) < 4.78 is 5.20. The number of methoxy groups -OCH3 is 1. The molecule has 0 saturated carbocycles. The first-order valence-electron chi connectivity index (χ1n) is 9.70. The van der Waals surface area contributed by atoms with E-state index in [0.29, 0.717) is 28.0 Å². The highest BCUT2D eigenvalue weighted by molar-refractivity contribution is 6.31. The van der Waals surface area contributed by atoms with Crippen molar-refractivity contribution in [1.82, 2.24) is 9.97 Å². The predicted molar refractivity (Wildman–Crippen MR) is 121 cm³/mol. The van der Waals surface area contributed by atoms with Crippen LogP contribution in [0.4, 0.5) is 17.3 Å². The summed E-state index contributed by atoms with van der Waals surface area (Å²) in [7, 11) is 1.48. The second kappa shape index (κ2) is 10.0. The third-order valence-corrected chi connectivity index (χ3v) is 4.68. The van der Waals surface area contributed by atoms with E-state index in [1.54, 1.807) is 30.3 Å². The van der Waals surface area contributed by atoms with Gasteiger partial charge in [-0.2, -0.15) is 0 Å². The van der Waals surface area contributed by atoms with Gasteiger partial charge in [-0.05, 0) is 62.4 Å². The summed E-state index contributed by atoms with van der Waals surface area (Å²) >= 11 is 5.97. The Bertz CT molecular complexity index is 1080. The van der Waals surface area contributed by atoms with Crippen molar-refractivity contribution < 1.29 is 14.3 Å². The van der Waals surface area contributed by atoms with Crippen LogP contribution in [0, 0.1) is 13.8 Å². The number of carbonyl (C=O) groups excluding carboxylic acids is 2. The van der Waals surface area contributed by atoms with Crippen molar-refractivity contribution in [3.63, 3.8) is 0 Å². The molecule has 0 atom stereocenters. The van der Waals surface area contributed by atoms with Crippen molar-refractivity contribution in [3.8, 4) is 5.75 Å². The second-order valence-corrected chi connectivity index (χ2v) is 7.43. The Labute approximate surface area is 185 Å². The molecule has 2 N–H and O–H groups in total. The summed E-state index contributed by atoms with van der Waals surface area (Å²) in [4.78, 5) is 33.4. The number of anilines is 3. The van der Waals surface area contributed by atoms with Crippen molar-refractivity contribution in [2.75, 3.05) is 17.7 Å². The van der Waals surface area contributed by atoms with Gasteiger partial charge in [-0.25, -0.2) is 9.97 Å². The van der Waals surface area contributed by atoms with Crippen LogP contribution >= 0.6 is 11.6 Å². The van der Waals surface area contributed by atoms with E-state index in [2.05, 4.69) is 20.6 Å². The molecule has 160 valence electrons. The van der Waals surface area contributed by atoms with Crippen molar-refractivity contribution in [1.29, 1.82) is 0 Å². The van der Waals surface area contributed by atoms with E-state index in [4.69, 9.17) is 16.3 Å². The molecule has 0 fully saturated rings. The number of Topliss-reactive ketones (excluding diaryl/α,β-unsaturated/α-hetero) is 1. The number of aromatic nitrogens is 2. The number of ketones is 1. The largest absolute Gasteiger partial charge is 0.496 e. The topological polar surface area (TPSA) is 93.2 Å². The van der Waals surface area contributed by atoms with Crippen molar-refractivity contribution in [2.45, 2.75) is 26.7 Å². The molecule has 1 amide bonds. The Hall–Kier alpha value is -3.45. The van der Waals surface area contributed by atoms with Crippen LogP contribution in [0.2, 0.25) is 5.02 Å². The summed E-state index contributed by atoms with van der Waals surface area (Å²) in [5.41, 5.74) is 3.55. The second-order valence-electron chi connectivity index (χ2n) is 6.99. The van der Waals surface area contributed by atoms with Crippen LogP contribution in [-0.4, -0.2) is 28.8 Å². The monoisotopic (exact) mass is 438 g/mol. The van der Waals surface area contributed by atoms with E-state index < -0.39 is 0 Å². The summed E-state index contributed by atoms with van der Waals surface area (Å²) in [6.07, 6.45) is 0.0944. The van der Waals surface area contributed by atoms with Crippen LogP contribution in [-0.2, 0) is 4.79 Å². The number of hydrogen-bond acceptors (Lipinski definition) is 6. The molecule has 0 unspecified atom stereocenters. The molecule has 2 aromatic carbocycles. The Morgan fingerprint density at radius 1 is 0.935 bits per heavy atom. The zero-order valence-electron chi connectivity index (χ0n) is 17.5. The van der Waals surface area contributed by atoms with Gasteiger partial charge in [0.15, 0.2) is 5.78 Å². The first kappa shape index (κ1) is 22.2. The van der Waals surface area contributed by atoms with Crippen molar-refractivity contribution in [3.05, 3.63) is 70.5 Å². The van der Waals surface area contributed by atoms with Gasteiger partial charge in [0.25, 0.3) is 0 Å². The molecule has 0 aliphatic heterocycles. The minimum absolute atomic E-state index is 0.0465. The van der Waals surface area contributed by atoms with Gasteiger partial charge in [0.05, 0.1) is 12.7 Å². The fourth-order valence-electron chi connectivity index (χ4n) is 3.03. The van der Waals surface area contributed by atoms with Crippen LogP contribution in [0.25, 0.3) is 0 Å². The number of amides is 1. The zero-order chi connectivity index (χ0) is 22.4. The van der Waals surface area contributed by atoms with Crippen LogP contribution < -0.4 is 15.4 Å². The molecule has 0 radical (unpaired) electrons. The first-order chi connectivity index (χ1) is 14.8. The van der Waals surface area contributed by atoms with Crippen LogP contribution in [0.1, 0.15) is 34.6 Å². The lowest BCUT2D eigenvalue weighted by Crippen LogP contribution is -2.14. The fraction of sp³-hybridized carbons (Fsp3) is 0.217. The third-order valence-electron chi connectivity index (χ3n) is 4.45. The minimum Gasteiger partial charge on any atom is -0.496 e.